The Bertz CT molecular complexity index is 489. The summed E-state index contributed by atoms with van der Waals surface area (Å²) in [5.41, 5.74) is 6.83. The molecule has 2 rings (SSSR count). The molecule has 1 fully saturated rings. The van der Waals surface area contributed by atoms with Crippen LogP contribution in [0.25, 0.3) is 0 Å². The van der Waals surface area contributed by atoms with E-state index < -0.39 is 0 Å². The van der Waals surface area contributed by atoms with Crippen LogP contribution in [0.2, 0.25) is 0 Å². The number of nitrogens with zero attached hydrogens (tertiary/aromatic N) is 1. The third-order valence-corrected chi connectivity index (χ3v) is 4.53. The highest BCUT2D eigenvalue weighted by Crippen LogP contribution is 2.27. The molecule has 0 aromatic heterocycles. The molecular formula is C16H23FN2S. The van der Waals surface area contributed by atoms with Gasteiger partial charge >= 0.3 is 0 Å². The zero-order chi connectivity index (χ0) is 14.7. The lowest BCUT2D eigenvalue weighted by molar-refractivity contribution is 0.156. The van der Waals surface area contributed by atoms with E-state index in [0.29, 0.717) is 23.7 Å². The number of nitrogens with two attached hydrogens (primary N) is 1. The second-order valence-corrected chi connectivity index (χ2v) is 6.45. The molecule has 1 aliphatic carbocycles. The van der Waals surface area contributed by atoms with Crippen molar-refractivity contribution in [2.75, 3.05) is 7.05 Å². The second-order valence-electron chi connectivity index (χ2n) is 6.01. The second kappa shape index (κ2) is 6.64. The minimum Gasteiger partial charge on any atom is -0.389 e. The SMILES string of the molecule is CC1CCCC(N(C)Cc2ccc(C(N)=S)cc2F)C1. The van der Waals surface area contributed by atoms with Crippen LogP contribution in [-0.4, -0.2) is 23.0 Å². The summed E-state index contributed by atoms with van der Waals surface area (Å²) in [5, 5.41) is 0. The van der Waals surface area contributed by atoms with Crippen LogP contribution in [0.4, 0.5) is 4.39 Å². The third kappa shape index (κ3) is 3.76. The van der Waals surface area contributed by atoms with Crippen molar-refractivity contribution < 1.29 is 4.39 Å². The van der Waals surface area contributed by atoms with Crippen LogP contribution in [0, 0.1) is 11.7 Å². The summed E-state index contributed by atoms with van der Waals surface area (Å²) in [5.74, 6) is 0.559. The smallest absolute Gasteiger partial charge is 0.128 e. The van der Waals surface area contributed by atoms with E-state index in [-0.39, 0.29) is 10.8 Å². The van der Waals surface area contributed by atoms with Gasteiger partial charge in [-0.1, -0.05) is 44.1 Å². The number of benzene rings is 1. The maximum Gasteiger partial charge on any atom is 0.128 e. The number of halogens is 1. The molecule has 0 heterocycles. The first-order chi connectivity index (χ1) is 9.47. The van der Waals surface area contributed by atoms with Crippen LogP contribution in [-0.2, 0) is 6.54 Å². The lowest BCUT2D eigenvalue weighted by Gasteiger charge is -2.34. The van der Waals surface area contributed by atoms with Crippen LogP contribution >= 0.6 is 12.2 Å². The Balaban J connectivity index is 2.03. The molecule has 2 unspecified atom stereocenters. The first-order valence-corrected chi connectivity index (χ1v) is 7.66. The Hall–Kier alpha value is -1.00. The highest BCUT2D eigenvalue weighted by Gasteiger charge is 2.22. The zero-order valence-electron chi connectivity index (χ0n) is 12.2. The van der Waals surface area contributed by atoms with E-state index in [1.807, 2.05) is 0 Å². The van der Waals surface area contributed by atoms with E-state index in [0.717, 1.165) is 5.92 Å². The molecule has 4 heteroatoms. The molecule has 2 nitrogen and oxygen atoms in total. The Morgan fingerprint density at radius 3 is 2.80 bits per heavy atom. The molecule has 1 aromatic rings. The van der Waals surface area contributed by atoms with Gasteiger partial charge in [-0.15, -0.1) is 0 Å². The topological polar surface area (TPSA) is 29.3 Å². The van der Waals surface area contributed by atoms with Gasteiger partial charge in [0.05, 0.1) is 0 Å². The van der Waals surface area contributed by atoms with Crippen LogP contribution in [0.3, 0.4) is 0 Å². The van der Waals surface area contributed by atoms with Gasteiger partial charge in [-0.25, -0.2) is 4.39 Å². The first-order valence-electron chi connectivity index (χ1n) is 7.26. The molecular weight excluding hydrogens is 271 g/mol. The molecule has 0 radical (unpaired) electrons. The van der Waals surface area contributed by atoms with Crippen molar-refractivity contribution in [1.29, 1.82) is 0 Å². The summed E-state index contributed by atoms with van der Waals surface area (Å²) >= 11 is 4.87. The lowest BCUT2D eigenvalue weighted by atomic mass is 9.86. The minimum atomic E-state index is -0.217. The molecule has 0 bridgehead atoms. The van der Waals surface area contributed by atoms with Gasteiger partial charge in [0, 0.05) is 23.7 Å². The Morgan fingerprint density at radius 1 is 1.45 bits per heavy atom. The summed E-state index contributed by atoms with van der Waals surface area (Å²) in [4.78, 5) is 2.51. The molecule has 0 aliphatic heterocycles. The van der Waals surface area contributed by atoms with Crippen LogP contribution in [0.15, 0.2) is 18.2 Å². The summed E-state index contributed by atoms with van der Waals surface area (Å²) in [7, 11) is 2.09. The molecule has 1 aliphatic rings. The fourth-order valence-corrected chi connectivity index (χ4v) is 3.16. The van der Waals surface area contributed by atoms with Crippen molar-refractivity contribution in [2.24, 2.45) is 11.7 Å². The van der Waals surface area contributed by atoms with Gasteiger partial charge in [-0.05, 0) is 31.9 Å². The standard InChI is InChI=1S/C16H23FN2S/c1-11-4-3-5-14(8-11)19(2)10-13-7-6-12(16(18)20)9-15(13)17/h6-7,9,11,14H,3-5,8,10H2,1-2H3,(H2,18,20). The van der Waals surface area contributed by atoms with Gasteiger partial charge in [0.1, 0.15) is 10.8 Å². The Morgan fingerprint density at radius 2 is 2.20 bits per heavy atom. The van der Waals surface area contributed by atoms with Crippen molar-refractivity contribution in [2.45, 2.75) is 45.2 Å². The molecule has 0 saturated heterocycles. The molecule has 110 valence electrons. The molecule has 2 N–H and O–H groups in total. The summed E-state index contributed by atoms with van der Waals surface area (Å²) in [6.45, 7) is 2.94. The predicted octanol–water partition coefficient (Wildman–Crippen LogP) is 3.47. The summed E-state index contributed by atoms with van der Waals surface area (Å²) in [6, 6.07) is 5.60. The first kappa shape index (κ1) is 15.4. The molecule has 2 atom stereocenters. The molecule has 0 spiro atoms. The summed E-state index contributed by atoms with van der Waals surface area (Å²) in [6.07, 6.45) is 5.02. The van der Waals surface area contributed by atoms with Gasteiger partial charge in [0.15, 0.2) is 0 Å². The van der Waals surface area contributed by atoms with E-state index in [9.17, 15) is 4.39 Å². The number of hydrogen-bond donors (Lipinski definition) is 1. The Kier molecular flexibility index (Phi) is 5.11. The van der Waals surface area contributed by atoms with Crippen molar-refractivity contribution in [3.05, 3.63) is 35.1 Å². The molecule has 20 heavy (non-hydrogen) atoms. The van der Waals surface area contributed by atoms with E-state index in [4.69, 9.17) is 18.0 Å². The number of rotatable bonds is 4. The maximum atomic E-state index is 14.1. The van der Waals surface area contributed by atoms with Gasteiger partial charge in [0.25, 0.3) is 0 Å². The largest absolute Gasteiger partial charge is 0.389 e. The fourth-order valence-electron chi connectivity index (χ4n) is 3.03. The van der Waals surface area contributed by atoms with Gasteiger partial charge < -0.3 is 5.73 Å². The Labute approximate surface area is 126 Å². The van der Waals surface area contributed by atoms with Gasteiger partial charge in [-0.2, -0.15) is 0 Å². The lowest BCUT2D eigenvalue weighted by Crippen LogP contribution is -2.35. The van der Waals surface area contributed by atoms with E-state index in [1.165, 1.54) is 31.7 Å². The average molecular weight is 294 g/mol. The van der Waals surface area contributed by atoms with Crippen LogP contribution in [0.1, 0.15) is 43.7 Å². The van der Waals surface area contributed by atoms with E-state index >= 15 is 0 Å². The number of hydrogen-bond acceptors (Lipinski definition) is 2. The van der Waals surface area contributed by atoms with Crippen molar-refractivity contribution in [3.63, 3.8) is 0 Å². The fraction of sp³-hybridized carbons (Fsp3) is 0.562. The van der Waals surface area contributed by atoms with Gasteiger partial charge in [-0.3, -0.25) is 4.90 Å². The highest BCUT2D eigenvalue weighted by molar-refractivity contribution is 7.80. The third-order valence-electron chi connectivity index (χ3n) is 4.29. The van der Waals surface area contributed by atoms with Gasteiger partial charge in [0.2, 0.25) is 0 Å². The summed E-state index contributed by atoms with van der Waals surface area (Å²) < 4.78 is 14.1. The molecule has 1 saturated carbocycles. The molecule has 1 aromatic carbocycles. The normalized spacial score (nSPS) is 23.0. The van der Waals surface area contributed by atoms with Crippen molar-refractivity contribution in [3.8, 4) is 0 Å². The van der Waals surface area contributed by atoms with Crippen molar-refractivity contribution >= 4 is 17.2 Å². The quantitative estimate of drug-likeness (QED) is 0.862. The monoisotopic (exact) mass is 294 g/mol. The van der Waals surface area contributed by atoms with Crippen LogP contribution in [0.5, 0.6) is 0 Å². The van der Waals surface area contributed by atoms with E-state index in [2.05, 4.69) is 18.9 Å². The van der Waals surface area contributed by atoms with Crippen LogP contribution < -0.4 is 5.73 Å². The minimum absolute atomic E-state index is 0.217. The number of thiocarbonyl (C=S) groups is 1. The zero-order valence-corrected chi connectivity index (χ0v) is 13.0. The maximum absolute atomic E-state index is 14.1. The molecule has 0 amide bonds. The van der Waals surface area contributed by atoms with E-state index in [1.54, 1.807) is 12.1 Å². The average Bonchev–Trinajstić information content (AvgIpc) is 2.40. The highest BCUT2D eigenvalue weighted by atomic mass is 32.1. The predicted molar refractivity (Wildman–Crippen MR) is 85.2 cm³/mol. The van der Waals surface area contributed by atoms with Crippen molar-refractivity contribution in [1.82, 2.24) is 4.90 Å².